The fraction of sp³-hybridized carbons (Fsp3) is 0.500. The smallest absolute Gasteiger partial charge is 0.0354 e. The Morgan fingerprint density at radius 2 is 1.88 bits per heavy atom. The predicted molar refractivity (Wildman–Crippen MR) is 74.0 cm³/mol. The molecule has 0 saturated heterocycles. The van der Waals surface area contributed by atoms with Crippen molar-refractivity contribution in [3.8, 4) is 12.3 Å². The van der Waals surface area contributed by atoms with Gasteiger partial charge >= 0.3 is 0 Å². The Balaban J connectivity index is 2.02. The van der Waals surface area contributed by atoms with Crippen LogP contribution in [-0.2, 0) is 0 Å². The van der Waals surface area contributed by atoms with Crippen molar-refractivity contribution in [2.75, 3.05) is 5.32 Å². The van der Waals surface area contributed by atoms with Crippen LogP contribution in [0.3, 0.4) is 0 Å². The molecule has 0 bridgehead atoms. The molecule has 0 amide bonds. The highest BCUT2D eigenvalue weighted by Crippen LogP contribution is 2.30. The number of benzene rings is 1. The second-order valence-electron chi connectivity index (χ2n) is 5.48. The molecule has 17 heavy (non-hydrogen) atoms. The van der Waals surface area contributed by atoms with Gasteiger partial charge in [0.2, 0.25) is 0 Å². The topological polar surface area (TPSA) is 12.0 Å². The number of terminal acetylenes is 1. The molecule has 2 atom stereocenters. The molecule has 2 unspecified atom stereocenters. The number of anilines is 1. The van der Waals surface area contributed by atoms with Crippen molar-refractivity contribution >= 4 is 5.69 Å². The van der Waals surface area contributed by atoms with Crippen LogP contribution >= 0.6 is 0 Å². The van der Waals surface area contributed by atoms with Crippen molar-refractivity contribution in [3.05, 3.63) is 29.8 Å². The van der Waals surface area contributed by atoms with Crippen molar-refractivity contribution in [1.82, 2.24) is 0 Å². The number of hydrogen-bond acceptors (Lipinski definition) is 1. The van der Waals surface area contributed by atoms with E-state index in [-0.39, 0.29) is 0 Å². The lowest BCUT2D eigenvalue weighted by Crippen LogP contribution is -2.30. The van der Waals surface area contributed by atoms with E-state index in [1.807, 2.05) is 12.1 Å². The van der Waals surface area contributed by atoms with E-state index in [9.17, 15) is 0 Å². The summed E-state index contributed by atoms with van der Waals surface area (Å²) in [6, 6.07) is 8.75. The summed E-state index contributed by atoms with van der Waals surface area (Å²) < 4.78 is 0. The van der Waals surface area contributed by atoms with Gasteiger partial charge < -0.3 is 5.32 Å². The van der Waals surface area contributed by atoms with Crippen molar-refractivity contribution in [1.29, 1.82) is 0 Å². The molecule has 0 aliphatic heterocycles. The minimum absolute atomic E-state index is 0.599. The van der Waals surface area contributed by atoms with E-state index in [1.54, 1.807) is 0 Å². The van der Waals surface area contributed by atoms with Crippen LogP contribution in [0.15, 0.2) is 24.3 Å². The van der Waals surface area contributed by atoms with Crippen LogP contribution in [0.1, 0.15) is 38.7 Å². The molecular weight excluding hydrogens is 206 g/mol. The second-order valence-corrected chi connectivity index (χ2v) is 5.48. The molecule has 1 nitrogen and oxygen atoms in total. The molecule has 1 aromatic rings. The highest BCUT2D eigenvalue weighted by molar-refractivity contribution is 5.50. The summed E-state index contributed by atoms with van der Waals surface area (Å²) in [5.74, 6) is 4.33. The maximum absolute atomic E-state index is 5.42. The van der Waals surface area contributed by atoms with E-state index >= 15 is 0 Å². The molecule has 1 N–H and O–H groups in total. The Morgan fingerprint density at radius 3 is 2.53 bits per heavy atom. The first-order valence-corrected chi connectivity index (χ1v) is 6.50. The Kier molecular flexibility index (Phi) is 3.74. The lowest BCUT2D eigenvalue weighted by atomic mass is 9.80. The summed E-state index contributed by atoms with van der Waals surface area (Å²) in [5.41, 5.74) is 2.11. The fourth-order valence-corrected chi connectivity index (χ4v) is 3.00. The fourth-order valence-electron chi connectivity index (χ4n) is 3.00. The van der Waals surface area contributed by atoms with Gasteiger partial charge in [0.1, 0.15) is 0 Å². The standard InChI is InChI=1S/C16H21N/c1-4-14-6-5-7-15(11-14)17-16-9-12(2)8-13(3)10-16/h1,5-7,11-13,16-17H,8-10H2,2-3H3. The van der Waals surface area contributed by atoms with Gasteiger partial charge in [0.15, 0.2) is 0 Å². The van der Waals surface area contributed by atoms with E-state index < -0.39 is 0 Å². The Bertz CT molecular complexity index is 406. The van der Waals surface area contributed by atoms with E-state index in [1.165, 1.54) is 19.3 Å². The highest BCUT2D eigenvalue weighted by atomic mass is 14.9. The van der Waals surface area contributed by atoms with E-state index in [2.05, 4.69) is 37.2 Å². The van der Waals surface area contributed by atoms with Gasteiger partial charge in [-0.1, -0.05) is 25.8 Å². The summed E-state index contributed by atoms with van der Waals surface area (Å²) in [4.78, 5) is 0. The van der Waals surface area contributed by atoms with Gasteiger partial charge in [-0.15, -0.1) is 6.42 Å². The maximum Gasteiger partial charge on any atom is 0.0354 e. The third kappa shape index (κ3) is 3.27. The van der Waals surface area contributed by atoms with Crippen LogP contribution in [0.5, 0.6) is 0 Å². The molecule has 0 radical (unpaired) electrons. The van der Waals surface area contributed by atoms with Gasteiger partial charge in [0, 0.05) is 17.3 Å². The molecule has 0 aromatic heterocycles. The van der Waals surface area contributed by atoms with Crippen LogP contribution in [-0.4, -0.2) is 6.04 Å². The zero-order chi connectivity index (χ0) is 12.3. The van der Waals surface area contributed by atoms with Crippen LogP contribution in [0, 0.1) is 24.2 Å². The number of rotatable bonds is 2. The molecule has 0 heterocycles. The molecule has 1 heteroatoms. The molecule has 1 aromatic carbocycles. The van der Waals surface area contributed by atoms with Gasteiger partial charge in [0.05, 0.1) is 0 Å². The van der Waals surface area contributed by atoms with Crippen LogP contribution in [0.4, 0.5) is 5.69 Å². The number of nitrogens with one attached hydrogen (secondary N) is 1. The summed E-state index contributed by atoms with van der Waals surface area (Å²) in [6.07, 6.45) is 9.32. The van der Waals surface area contributed by atoms with Gasteiger partial charge in [-0.25, -0.2) is 0 Å². The molecule has 1 aliphatic rings. The zero-order valence-corrected chi connectivity index (χ0v) is 10.7. The minimum atomic E-state index is 0.599. The predicted octanol–water partition coefficient (Wildman–Crippen LogP) is 3.90. The van der Waals surface area contributed by atoms with Crippen molar-refractivity contribution in [2.45, 2.75) is 39.2 Å². The second kappa shape index (κ2) is 5.27. The van der Waals surface area contributed by atoms with Gasteiger partial charge in [-0.05, 0) is 49.3 Å². The van der Waals surface area contributed by atoms with Gasteiger partial charge in [-0.3, -0.25) is 0 Å². The van der Waals surface area contributed by atoms with Crippen molar-refractivity contribution in [3.63, 3.8) is 0 Å². The summed E-state index contributed by atoms with van der Waals surface area (Å²) >= 11 is 0. The van der Waals surface area contributed by atoms with Gasteiger partial charge in [-0.2, -0.15) is 0 Å². The molecule has 0 spiro atoms. The highest BCUT2D eigenvalue weighted by Gasteiger charge is 2.23. The van der Waals surface area contributed by atoms with Crippen molar-refractivity contribution < 1.29 is 0 Å². The molecule has 1 aliphatic carbocycles. The molecule has 2 rings (SSSR count). The van der Waals surface area contributed by atoms with Crippen LogP contribution < -0.4 is 5.32 Å². The third-order valence-electron chi connectivity index (χ3n) is 3.58. The summed E-state index contributed by atoms with van der Waals surface area (Å²) in [5, 5.41) is 3.62. The Morgan fingerprint density at radius 1 is 1.18 bits per heavy atom. The van der Waals surface area contributed by atoms with Crippen molar-refractivity contribution in [2.24, 2.45) is 11.8 Å². The summed E-state index contributed by atoms with van der Waals surface area (Å²) in [7, 11) is 0. The normalized spacial score (nSPS) is 28.4. The first kappa shape index (κ1) is 12.0. The lowest BCUT2D eigenvalue weighted by molar-refractivity contribution is 0.281. The molecule has 90 valence electrons. The lowest BCUT2D eigenvalue weighted by Gasteiger charge is -2.32. The molecular formula is C16H21N. The first-order chi connectivity index (χ1) is 8.17. The largest absolute Gasteiger partial charge is 0.382 e. The Hall–Kier alpha value is -1.42. The monoisotopic (exact) mass is 227 g/mol. The Labute approximate surface area is 105 Å². The molecule has 1 saturated carbocycles. The molecule has 1 fully saturated rings. The van der Waals surface area contributed by atoms with E-state index in [0.717, 1.165) is 23.1 Å². The van der Waals surface area contributed by atoms with Crippen LogP contribution in [0.2, 0.25) is 0 Å². The SMILES string of the molecule is C#Cc1cccc(NC2CC(C)CC(C)C2)c1. The minimum Gasteiger partial charge on any atom is -0.382 e. The number of hydrogen-bond donors (Lipinski definition) is 1. The first-order valence-electron chi connectivity index (χ1n) is 6.50. The third-order valence-corrected chi connectivity index (χ3v) is 3.58. The quantitative estimate of drug-likeness (QED) is 0.755. The van der Waals surface area contributed by atoms with Crippen LogP contribution in [0.25, 0.3) is 0 Å². The van der Waals surface area contributed by atoms with E-state index in [4.69, 9.17) is 6.42 Å². The van der Waals surface area contributed by atoms with E-state index in [0.29, 0.717) is 6.04 Å². The average molecular weight is 227 g/mol. The maximum atomic E-state index is 5.42. The average Bonchev–Trinajstić information content (AvgIpc) is 2.28. The zero-order valence-electron chi connectivity index (χ0n) is 10.7. The summed E-state index contributed by atoms with van der Waals surface area (Å²) in [6.45, 7) is 4.70. The van der Waals surface area contributed by atoms with Gasteiger partial charge in [0.25, 0.3) is 0 Å².